The zero-order valence-electron chi connectivity index (χ0n) is 32.1. The maximum Gasteiger partial charge on any atom is 0.408 e. The van der Waals surface area contributed by atoms with E-state index in [1.54, 1.807) is 24.1 Å². The maximum atomic E-state index is 14.1. The summed E-state index contributed by atoms with van der Waals surface area (Å²) in [6.45, 7) is -0.212. The Balaban J connectivity index is 0.878. The summed E-state index contributed by atoms with van der Waals surface area (Å²) in [6.07, 6.45) is 5.12. The lowest BCUT2D eigenvalue weighted by Crippen LogP contribution is -2.59. The molecule has 8 aliphatic rings. The zero-order valence-corrected chi connectivity index (χ0v) is 32.1. The number of methoxy groups -OCH3 is 1. The van der Waals surface area contributed by atoms with E-state index in [9.17, 15) is 19.8 Å². The predicted molar refractivity (Wildman–Crippen MR) is 199 cm³/mol. The van der Waals surface area contributed by atoms with Crippen LogP contribution in [-0.2, 0) is 35.2 Å². The van der Waals surface area contributed by atoms with Gasteiger partial charge in [-0.3, -0.25) is 4.79 Å². The van der Waals surface area contributed by atoms with Crippen molar-refractivity contribution in [3.63, 3.8) is 0 Å². The van der Waals surface area contributed by atoms with E-state index in [0.29, 0.717) is 54.2 Å². The molecule has 3 aliphatic heterocycles. The largest absolute Gasteiger partial charge is 0.497 e. The number of aromatic nitrogens is 2. The van der Waals surface area contributed by atoms with Crippen LogP contribution in [0, 0.1) is 23.7 Å². The molecule has 0 radical (unpaired) electrons. The number of fused-ring (bicyclic) bond motifs is 1. The number of ether oxygens (including phenoxy) is 4. The van der Waals surface area contributed by atoms with Gasteiger partial charge in [0.05, 0.1) is 26.4 Å². The minimum absolute atomic E-state index is 0.109. The van der Waals surface area contributed by atoms with Gasteiger partial charge in [0, 0.05) is 45.2 Å². The Morgan fingerprint density at radius 1 is 1.09 bits per heavy atom. The standard InChI is InChI=1S/C39H53N7O10/c1-45(2)33-31-34(41-19-40-33)46(20-42-31)36-32(48)30(29(18-47)53-36)44-35(49)28(16-21-6-8-26(51-3)9-7-21)43-37(50)52-27-5-4-10-38(17-27)54-39(56-55-38)24-12-22-11-23(14-24)15-25(39)13-22/h6-9,19,22-25,27-30,32,36,42,47-48H,4-5,10-18,20H2,1-3H3,(H,43,50)(H,44,49)/t22?,23?,24?,25?,27?,28-,29+,30+,32+,36+,38?,39?/m0/s1. The van der Waals surface area contributed by atoms with Crippen molar-refractivity contribution in [2.45, 2.75) is 112 Å². The summed E-state index contributed by atoms with van der Waals surface area (Å²) in [7, 11) is 5.30. The van der Waals surface area contributed by atoms with Crippen LogP contribution in [0.2, 0.25) is 0 Å². The molecule has 17 heteroatoms. The Morgan fingerprint density at radius 2 is 1.84 bits per heavy atom. The van der Waals surface area contributed by atoms with Crippen molar-refractivity contribution in [2.75, 3.05) is 49.6 Å². The lowest BCUT2D eigenvalue weighted by Gasteiger charge is -2.57. The third-order valence-corrected chi connectivity index (χ3v) is 13.1. The minimum atomic E-state index is -1.26. The lowest BCUT2D eigenvalue weighted by molar-refractivity contribution is -0.390. The van der Waals surface area contributed by atoms with Gasteiger partial charge < -0.3 is 54.9 Å². The number of anilines is 3. The van der Waals surface area contributed by atoms with Gasteiger partial charge in [-0.1, -0.05) is 12.1 Å². The highest BCUT2D eigenvalue weighted by Gasteiger charge is 2.67. The first-order valence-electron chi connectivity index (χ1n) is 20.0. The SMILES string of the molecule is COc1ccc(C[C@H](NC(=O)OC2CCCC3(C2)OOC2(O3)C3CC4CC(C3)CC2C4)C(=O)N[C@H]2[C@@H](O)[C@H](N3CNc4c(N(C)C)ncnc43)O[C@@H]2CO)cc1. The normalized spacial score (nSPS) is 37.0. The van der Waals surface area contributed by atoms with E-state index in [4.69, 9.17) is 28.7 Å². The molecule has 1 aromatic carbocycles. The highest BCUT2D eigenvalue weighted by atomic mass is 17.3. The Kier molecular flexibility index (Phi) is 9.89. The fraction of sp³-hybridized carbons (Fsp3) is 0.692. The van der Waals surface area contributed by atoms with Gasteiger partial charge >= 0.3 is 6.09 Å². The average Bonchev–Trinajstić information content (AvgIpc) is 3.87. The molecular weight excluding hydrogens is 726 g/mol. The number of benzene rings is 1. The molecule has 5 saturated carbocycles. The van der Waals surface area contributed by atoms with E-state index in [1.165, 1.54) is 12.7 Å². The number of hydrogen-bond donors (Lipinski definition) is 5. The summed E-state index contributed by atoms with van der Waals surface area (Å²) in [6, 6.07) is 5.06. The van der Waals surface area contributed by atoms with Crippen LogP contribution >= 0.6 is 0 Å². The van der Waals surface area contributed by atoms with E-state index >= 15 is 0 Å². The van der Waals surface area contributed by atoms with E-state index in [2.05, 4.69) is 25.9 Å². The van der Waals surface area contributed by atoms with Crippen LogP contribution in [0.5, 0.6) is 5.75 Å². The first-order valence-corrected chi connectivity index (χ1v) is 20.0. The third kappa shape index (κ3) is 6.69. The van der Waals surface area contributed by atoms with Gasteiger partial charge in [0.25, 0.3) is 0 Å². The van der Waals surface area contributed by atoms with Crippen molar-refractivity contribution in [3.05, 3.63) is 36.2 Å². The van der Waals surface area contributed by atoms with Crippen LogP contribution in [0.4, 0.5) is 22.1 Å². The minimum Gasteiger partial charge on any atom is -0.497 e. The smallest absolute Gasteiger partial charge is 0.408 e. The molecule has 4 bridgehead atoms. The van der Waals surface area contributed by atoms with Crippen molar-refractivity contribution in [2.24, 2.45) is 23.7 Å². The number of alkyl carbamates (subject to hydrolysis) is 1. The maximum absolute atomic E-state index is 14.1. The Bertz CT molecular complexity index is 1760. The van der Waals surface area contributed by atoms with Crippen molar-refractivity contribution < 1.29 is 48.5 Å². The van der Waals surface area contributed by atoms with Crippen LogP contribution < -0.4 is 30.5 Å². The van der Waals surface area contributed by atoms with Gasteiger partial charge in [0.15, 0.2) is 17.9 Å². The summed E-state index contributed by atoms with van der Waals surface area (Å²) in [5.41, 5.74) is 1.43. The van der Waals surface area contributed by atoms with Crippen LogP contribution in [-0.4, -0.2) is 115 Å². The van der Waals surface area contributed by atoms with Gasteiger partial charge in [-0.2, -0.15) is 9.78 Å². The molecule has 5 N–H and O–H groups in total. The molecule has 1 aromatic heterocycles. The first kappa shape index (κ1) is 37.6. The molecule has 4 heterocycles. The van der Waals surface area contributed by atoms with Gasteiger partial charge in [0.1, 0.15) is 42.1 Å². The van der Waals surface area contributed by atoms with Crippen LogP contribution in [0.15, 0.2) is 30.6 Å². The van der Waals surface area contributed by atoms with Crippen LogP contribution in [0.25, 0.3) is 0 Å². The number of carbonyl (C=O) groups is 2. The van der Waals surface area contributed by atoms with E-state index in [-0.39, 0.29) is 13.1 Å². The average molecular weight is 780 g/mol. The molecule has 304 valence electrons. The molecule has 2 unspecified atom stereocenters. The molecule has 2 amide bonds. The molecule has 5 aliphatic carbocycles. The Morgan fingerprint density at radius 3 is 2.54 bits per heavy atom. The molecule has 10 rings (SSSR count). The molecule has 17 nitrogen and oxygen atoms in total. The third-order valence-electron chi connectivity index (χ3n) is 13.1. The second-order valence-electron chi connectivity index (χ2n) is 16.9. The van der Waals surface area contributed by atoms with Crippen LogP contribution in [0.1, 0.15) is 63.4 Å². The highest BCUT2D eigenvalue weighted by molar-refractivity contribution is 5.86. The molecule has 56 heavy (non-hydrogen) atoms. The number of carbonyl (C=O) groups excluding carboxylic acids is 2. The second-order valence-corrected chi connectivity index (χ2v) is 16.9. The first-order chi connectivity index (χ1) is 27.1. The number of amides is 2. The predicted octanol–water partition coefficient (Wildman–Crippen LogP) is 2.41. The molecule has 7 atom stereocenters. The molecule has 7 fully saturated rings. The Hall–Kier alpha value is -4.00. The molecule has 2 spiro atoms. The van der Waals surface area contributed by atoms with Crippen molar-refractivity contribution in [1.29, 1.82) is 0 Å². The number of nitrogens with zero attached hydrogens (tertiary/aromatic N) is 4. The number of hydrogen-bond acceptors (Lipinski definition) is 15. The van der Waals surface area contributed by atoms with E-state index in [1.807, 2.05) is 31.1 Å². The quantitative estimate of drug-likeness (QED) is 0.220. The molecular formula is C39H53N7O10. The van der Waals surface area contributed by atoms with Crippen molar-refractivity contribution in [3.8, 4) is 5.75 Å². The number of aliphatic hydroxyl groups excluding tert-OH is 2. The molecule has 2 saturated heterocycles. The topological polar surface area (TPSA) is 198 Å². The lowest BCUT2D eigenvalue weighted by atomic mass is 9.53. The van der Waals surface area contributed by atoms with Gasteiger partial charge in [-0.15, -0.1) is 0 Å². The van der Waals surface area contributed by atoms with Gasteiger partial charge in [-0.05, 0) is 74.5 Å². The summed E-state index contributed by atoms with van der Waals surface area (Å²) >= 11 is 0. The fourth-order valence-electron chi connectivity index (χ4n) is 10.7. The number of aliphatic hydroxyl groups is 2. The van der Waals surface area contributed by atoms with E-state index < -0.39 is 66.8 Å². The number of rotatable bonds is 10. The Labute approximate surface area is 325 Å². The van der Waals surface area contributed by atoms with Crippen molar-refractivity contribution in [1.82, 2.24) is 20.6 Å². The summed E-state index contributed by atoms with van der Waals surface area (Å²) in [4.78, 5) is 52.5. The highest BCUT2D eigenvalue weighted by Crippen LogP contribution is 2.63. The second kappa shape index (κ2) is 14.7. The molecule has 2 aromatic rings. The summed E-state index contributed by atoms with van der Waals surface area (Å²) in [5, 5.41) is 30.9. The van der Waals surface area contributed by atoms with Gasteiger partial charge in [-0.25, -0.2) is 14.8 Å². The van der Waals surface area contributed by atoms with Gasteiger partial charge in [0.2, 0.25) is 17.5 Å². The van der Waals surface area contributed by atoms with Crippen molar-refractivity contribution >= 4 is 29.3 Å². The van der Waals surface area contributed by atoms with E-state index in [0.717, 1.165) is 49.5 Å². The monoisotopic (exact) mass is 779 g/mol. The fourth-order valence-corrected chi connectivity index (χ4v) is 10.7. The number of nitrogens with one attached hydrogen (secondary N) is 3. The van der Waals surface area contributed by atoms with Crippen LogP contribution in [0.3, 0.4) is 0 Å². The summed E-state index contributed by atoms with van der Waals surface area (Å²) in [5.74, 6) is 1.66. The zero-order chi connectivity index (χ0) is 38.8. The summed E-state index contributed by atoms with van der Waals surface area (Å²) < 4.78 is 24.3.